The smallest absolute Gasteiger partial charge is 0.327 e. The van der Waals surface area contributed by atoms with Crippen molar-refractivity contribution in [1.82, 2.24) is 0 Å². The van der Waals surface area contributed by atoms with Crippen LogP contribution < -0.4 is 11.5 Å². The Hall–Kier alpha value is -2.21. The van der Waals surface area contributed by atoms with Crippen molar-refractivity contribution in [3.8, 4) is 0 Å². The summed E-state index contributed by atoms with van der Waals surface area (Å²) >= 11 is 0. The number of ether oxygens (including phenoxy) is 1. The molecule has 0 amide bonds. The molecule has 0 unspecified atom stereocenters. The Morgan fingerprint density at radius 1 is 0.958 bits per heavy atom. The molecule has 2 atom stereocenters. The number of nitrogens with two attached hydrogens (primary N) is 2. The van der Waals surface area contributed by atoms with E-state index in [-0.39, 0.29) is 6.04 Å². The van der Waals surface area contributed by atoms with Crippen LogP contribution in [0.2, 0.25) is 0 Å². The molecule has 2 aromatic carbocycles. The number of carbonyl (C=O) groups is 1. The summed E-state index contributed by atoms with van der Waals surface area (Å²) in [6.45, 7) is 3.43. The summed E-state index contributed by atoms with van der Waals surface area (Å²) in [7, 11) is 1.32. The Bertz CT molecular complexity index is 610. The third-order valence-corrected chi connectivity index (χ3v) is 3.53. The Kier molecular flexibility index (Phi) is 7.58. The Morgan fingerprint density at radius 2 is 1.38 bits per heavy atom. The topological polar surface area (TPSA) is 98.6 Å². The number of aliphatic hydroxyl groups is 1. The molecule has 0 radical (unpaired) electrons. The van der Waals surface area contributed by atoms with Gasteiger partial charge >= 0.3 is 5.97 Å². The minimum atomic E-state index is -0.860. The highest BCUT2D eigenvalue weighted by atomic mass is 16.5. The van der Waals surface area contributed by atoms with Gasteiger partial charge in [-0.2, -0.15) is 0 Å². The summed E-state index contributed by atoms with van der Waals surface area (Å²) in [4.78, 5) is 11.0. The molecule has 0 saturated heterocycles. The molecule has 0 aliphatic carbocycles. The van der Waals surface area contributed by atoms with Gasteiger partial charge in [0.15, 0.2) is 0 Å². The Morgan fingerprint density at radius 3 is 1.75 bits per heavy atom. The SMILES string of the molecule is CC(C)(O)[C@@H](N)c1ccccc1.COC(=O)[C@@H](N)c1ccccc1. The van der Waals surface area contributed by atoms with Crippen LogP contribution in [-0.4, -0.2) is 23.8 Å². The van der Waals surface area contributed by atoms with Gasteiger partial charge in [-0.1, -0.05) is 60.7 Å². The zero-order valence-electron chi connectivity index (χ0n) is 14.3. The predicted octanol–water partition coefficient (Wildman–Crippen LogP) is 2.32. The summed E-state index contributed by atoms with van der Waals surface area (Å²) in [5.74, 6) is -0.416. The maximum absolute atomic E-state index is 11.0. The molecular weight excluding hydrogens is 304 g/mol. The third kappa shape index (κ3) is 6.12. The highest BCUT2D eigenvalue weighted by Crippen LogP contribution is 2.21. The lowest BCUT2D eigenvalue weighted by molar-refractivity contribution is -0.142. The fraction of sp³-hybridized carbons (Fsp3) is 0.316. The first-order valence-corrected chi connectivity index (χ1v) is 7.68. The van der Waals surface area contributed by atoms with Crippen LogP contribution in [0.25, 0.3) is 0 Å². The second-order valence-corrected chi connectivity index (χ2v) is 5.95. The first-order valence-electron chi connectivity index (χ1n) is 7.68. The lowest BCUT2D eigenvalue weighted by atomic mass is 9.93. The molecule has 0 aliphatic rings. The van der Waals surface area contributed by atoms with E-state index in [1.807, 2.05) is 48.5 Å². The highest BCUT2D eigenvalue weighted by molar-refractivity contribution is 5.77. The molecule has 0 spiro atoms. The van der Waals surface area contributed by atoms with Crippen molar-refractivity contribution in [3.05, 3.63) is 71.8 Å². The van der Waals surface area contributed by atoms with Crippen LogP contribution in [0.5, 0.6) is 0 Å². The van der Waals surface area contributed by atoms with Crippen molar-refractivity contribution in [3.63, 3.8) is 0 Å². The largest absolute Gasteiger partial charge is 0.468 e. The first-order chi connectivity index (χ1) is 11.3. The summed E-state index contributed by atoms with van der Waals surface area (Å²) < 4.78 is 4.50. The van der Waals surface area contributed by atoms with E-state index in [1.54, 1.807) is 26.0 Å². The molecule has 2 rings (SSSR count). The summed E-state index contributed by atoms with van der Waals surface area (Å²) in [5, 5.41) is 9.61. The van der Waals surface area contributed by atoms with Crippen LogP contribution in [0.3, 0.4) is 0 Å². The maximum atomic E-state index is 11.0. The molecule has 0 fully saturated rings. The maximum Gasteiger partial charge on any atom is 0.327 e. The normalized spacial score (nSPS) is 13.2. The molecule has 0 bridgehead atoms. The fourth-order valence-corrected chi connectivity index (χ4v) is 1.99. The molecular formula is C19H26N2O3. The number of methoxy groups -OCH3 is 1. The van der Waals surface area contributed by atoms with E-state index in [0.29, 0.717) is 0 Å². The molecule has 24 heavy (non-hydrogen) atoms. The quantitative estimate of drug-likeness (QED) is 0.747. The molecule has 5 heteroatoms. The minimum Gasteiger partial charge on any atom is -0.468 e. The van der Waals surface area contributed by atoms with Crippen LogP contribution in [0.4, 0.5) is 0 Å². The van der Waals surface area contributed by atoms with E-state index in [9.17, 15) is 9.90 Å². The molecule has 0 aliphatic heterocycles. The van der Waals surface area contributed by atoms with Crippen molar-refractivity contribution in [2.75, 3.05) is 7.11 Å². The van der Waals surface area contributed by atoms with Gasteiger partial charge in [0, 0.05) is 0 Å². The molecule has 5 N–H and O–H groups in total. The lowest BCUT2D eigenvalue weighted by Crippen LogP contribution is -2.34. The molecule has 2 aromatic rings. The predicted molar refractivity (Wildman–Crippen MR) is 95.1 cm³/mol. The number of hydrogen-bond acceptors (Lipinski definition) is 5. The number of rotatable bonds is 4. The van der Waals surface area contributed by atoms with Gasteiger partial charge in [-0.05, 0) is 25.0 Å². The van der Waals surface area contributed by atoms with Gasteiger partial charge in [-0.15, -0.1) is 0 Å². The molecule has 0 aromatic heterocycles. The molecule has 130 valence electrons. The average Bonchev–Trinajstić information content (AvgIpc) is 2.61. The summed E-state index contributed by atoms with van der Waals surface area (Å²) in [5.41, 5.74) is 12.3. The first kappa shape index (κ1) is 19.8. The fourth-order valence-electron chi connectivity index (χ4n) is 1.99. The van der Waals surface area contributed by atoms with Gasteiger partial charge in [0.1, 0.15) is 6.04 Å². The van der Waals surface area contributed by atoms with E-state index in [2.05, 4.69) is 4.74 Å². The summed E-state index contributed by atoms with van der Waals surface area (Å²) in [6, 6.07) is 17.7. The second-order valence-electron chi connectivity index (χ2n) is 5.95. The monoisotopic (exact) mass is 330 g/mol. The van der Waals surface area contributed by atoms with Gasteiger partial charge in [-0.3, -0.25) is 4.79 Å². The zero-order valence-corrected chi connectivity index (χ0v) is 14.3. The van der Waals surface area contributed by atoms with E-state index >= 15 is 0 Å². The molecule has 0 saturated carbocycles. The van der Waals surface area contributed by atoms with E-state index < -0.39 is 17.6 Å². The van der Waals surface area contributed by atoms with Crippen molar-refractivity contribution < 1.29 is 14.6 Å². The second kappa shape index (κ2) is 9.17. The number of carbonyl (C=O) groups excluding carboxylic acids is 1. The van der Waals surface area contributed by atoms with Crippen molar-refractivity contribution in [2.24, 2.45) is 11.5 Å². The van der Waals surface area contributed by atoms with Crippen molar-refractivity contribution in [1.29, 1.82) is 0 Å². The van der Waals surface area contributed by atoms with Gasteiger partial charge < -0.3 is 21.3 Å². The third-order valence-electron chi connectivity index (χ3n) is 3.53. The standard InChI is InChI=1S/C10H15NO.C9H11NO2/c1-10(2,12)9(11)8-6-4-3-5-7-8;1-12-9(11)8(10)7-5-3-2-4-6-7/h3-7,9,12H,11H2,1-2H3;2-6,8H,10H2,1H3/t9-;8-/m00/s1. The van der Waals surface area contributed by atoms with Crippen LogP contribution in [0.15, 0.2) is 60.7 Å². The zero-order chi connectivity index (χ0) is 18.2. The van der Waals surface area contributed by atoms with Gasteiger partial charge in [0.25, 0.3) is 0 Å². The number of hydrogen-bond donors (Lipinski definition) is 3. The average molecular weight is 330 g/mol. The Balaban J connectivity index is 0.000000240. The number of esters is 1. The van der Waals surface area contributed by atoms with Crippen molar-refractivity contribution in [2.45, 2.75) is 31.5 Å². The van der Waals surface area contributed by atoms with Gasteiger partial charge in [0.2, 0.25) is 0 Å². The van der Waals surface area contributed by atoms with E-state index in [1.165, 1.54) is 7.11 Å². The van der Waals surface area contributed by atoms with E-state index in [0.717, 1.165) is 11.1 Å². The summed E-state index contributed by atoms with van der Waals surface area (Å²) in [6.07, 6.45) is 0. The van der Waals surface area contributed by atoms with E-state index in [4.69, 9.17) is 11.5 Å². The minimum absolute atomic E-state index is 0.321. The van der Waals surface area contributed by atoms with Crippen LogP contribution in [0, 0.1) is 0 Å². The Labute approximate surface area is 143 Å². The van der Waals surface area contributed by atoms with Crippen LogP contribution >= 0.6 is 0 Å². The molecule has 0 heterocycles. The lowest BCUT2D eigenvalue weighted by Gasteiger charge is -2.25. The van der Waals surface area contributed by atoms with Crippen LogP contribution in [-0.2, 0) is 9.53 Å². The molecule has 5 nitrogen and oxygen atoms in total. The highest BCUT2D eigenvalue weighted by Gasteiger charge is 2.23. The van der Waals surface area contributed by atoms with Gasteiger partial charge in [-0.25, -0.2) is 0 Å². The van der Waals surface area contributed by atoms with Crippen molar-refractivity contribution >= 4 is 5.97 Å². The number of benzene rings is 2. The van der Waals surface area contributed by atoms with Gasteiger partial charge in [0.05, 0.1) is 18.8 Å². The van der Waals surface area contributed by atoms with Crippen LogP contribution in [0.1, 0.15) is 37.1 Å².